The first-order chi connectivity index (χ1) is 12.5. The maximum Gasteiger partial charge on any atom is 0.231 e. The standard InChI is InChI=1S/C20H20N2O4/c1-11-4-3-5-16(12(11)2)22-20(24)15-9-14(15)19(23)21-13-6-7-17-18(8-13)26-10-25-17/h3-8,14-15H,9-10H2,1-2H3,(H,21,23)(H,22,24). The summed E-state index contributed by atoms with van der Waals surface area (Å²) in [5.74, 6) is 0.437. The lowest BCUT2D eigenvalue weighted by molar-refractivity contribution is -0.122. The average Bonchev–Trinajstić information content (AvgIpc) is 3.30. The van der Waals surface area contributed by atoms with Gasteiger partial charge in [0.1, 0.15) is 0 Å². The lowest BCUT2D eigenvalue weighted by Crippen LogP contribution is -2.21. The fourth-order valence-corrected chi connectivity index (χ4v) is 3.10. The number of fused-ring (bicyclic) bond motifs is 1. The Bertz CT molecular complexity index is 893. The van der Waals surface area contributed by atoms with Crippen LogP contribution in [-0.2, 0) is 9.59 Å². The molecule has 26 heavy (non-hydrogen) atoms. The minimum absolute atomic E-state index is 0.107. The van der Waals surface area contributed by atoms with Crippen LogP contribution in [0.3, 0.4) is 0 Å². The number of hydrogen-bond donors (Lipinski definition) is 2. The molecule has 0 radical (unpaired) electrons. The molecule has 2 aromatic rings. The molecule has 1 aliphatic carbocycles. The Morgan fingerprint density at radius 1 is 0.962 bits per heavy atom. The molecule has 0 aromatic heterocycles. The molecule has 1 saturated carbocycles. The summed E-state index contributed by atoms with van der Waals surface area (Å²) in [5.41, 5.74) is 3.61. The molecule has 0 saturated heterocycles. The van der Waals surface area contributed by atoms with Crippen LogP contribution in [0.25, 0.3) is 0 Å². The van der Waals surface area contributed by atoms with E-state index in [-0.39, 0.29) is 30.4 Å². The second-order valence-electron chi connectivity index (χ2n) is 6.74. The van der Waals surface area contributed by atoms with E-state index >= 15 is 0 Å². The van der Waals surface area contributed by atoms with Crippen molar-refractivity contribution in [3.8, 4) is 11.5 Å². The van der Waals surface area contributed by atoms with E-state index in [4.69, 9.17) is 9.47 Å². The van der Waals surface area contributed by atoms with Crippen molar-refractivity contribution in [3.05, 3.63) is 47.5 Å². The van der Waals surface area contributed by atoms with Gasteiger partial charge in [0.2, 0.25) is 18.6 Å². The second-order valence-corrected chi connectivity index (χ2v) is 6.74. The van der Waals surface area contributed by atoms with Crippen LogP contribution >= 0.6 is 0 Å². The molecular weight excluding hydrogens is 332 g/mol. The van der Waals surface area contributed by atoms with Crippen LogP contribution < -0.4 is 20.1 Å². The summed E-state index contributed by atoms with van der Waals surface area (Å²) in [6.45, 7) is 4.17. The normalized spacial score (nSPS) is 19.8. The Morgan fingerprint density at radius 2 is 1.69 bits per heavy atom. The second kappa shape index (κ2) is 6.37. The third kappa shape index (κ3) is 3.10. The fourth-order valence-electron chi connectivity index (χ4n) is 3.10. The molecule has 2 unspecified atom stereocenters. The number of carbonyl (C=O) groups is 2. The lowest BCUT2D eigenvalue weighted by Gasteiger charge is -2.10. The molecule has 0 bridgehead atoms. The molecule has 1 fully saturated rings. The number of anilines is 2. The average molecular weight is 352 g/mol. The van der Waals surface area contributed by atoms with Gasteiger partial charge < -0.3 is 20.1 Å². The Balaban J connectivity index is 1.36. The van der Waals surface area contributed by atoms with Crippen LogP contribution in [-0.4, -0.2) is 18.6 Å². The molecule has 6 heteroatoms. The third-order valence-corrected chi connectivity index (χ3v) is 4.97. The number of carbonyl (C=O) groups excluding carboxylic acids is 2. The summed E-state index contributed by atoms with van der Waals surface area (Å²) in [6.07, 6.45) is 0.563. The number of rotatable bonds is 4. The van der Waals surface area contributed by atoms with Gasteiger partial charge in [-0.1, -0.05) is 12.1 Å². The van der Waals surface area contributed by atoms with E-state index in [0.29, 0.717) is 23.6 Å². The number of hydrogen-bond acceptors (Lipinski definition) is 4. The van der Waals surface area contributed by atoms with Crippen molar-refractivity contribution in [1.82, 2.24) is 0 Å². The lowest BCUT2D eigenvalue weighted by atomic mass is 10.1. The number of benzene rings is 2. The van der Waals surface area contributed by atoms with Gasteiger partial charge in [-0.25, -0.2) is 0 Å². The first-order valence-electron chi connectivity index (χ1n) is 8.60. The molecule has 6 nitrogen and oxygen atoms in total. The SMILES string of the molecule is Cc1cccc(NC(=O)C2CC2C(=O)Nc2ccc3c(c2)OCO3)c1C. The van der Waals surface area contributed by atoms with Gasteiger partial charge in [0.15, 0.2) is 11.5 Å². The molecule has 2 aromatic carbocycles. The molecular formula is C20H20N2O4. The van der Waals surface area contributed by atoms with Gasteiger partial charge in [0, 0.05) is 17.4 Å². The predicted octanol–water partition coefficient (Wildman–Crippen LogP) is 3.25. The molecule has 2 atom stereocenters. The highest BCUT2D eigenvalue weighted by molar-refractivity contribution is 6.03. The van der Waals surface area contributed by atoms with Gasteiger partial charge in [-0.2, -0.15) is 0 Å². The first-order valence-corrected chi connectivity index (χ1v) is 8.60. The minimum atomic E-state index is -0.300. The molecule has 134 valence electrons. The number of amides is 2. The van der Waals surface area contributed by atoms with E-state index in [1.165, 1.54) is 0 Å². The highest BCUT2D eigenvalue weighted by Crippen LogP contribution is 2.41. The van der Waals surface area contributed by atoms with Crippen molar-refractivity contribution in [2.45, 2.75) is 20.3 Å². The van der Waals surface area contributed by atoms with E-state index in [0.717, 1.165) is 16.8 Å². The summed E-state index contributed by atoms with van der Waals surface area (Å²) in [6, 6.07) is 11.0. The maximum atomic E-state index is 12.4. The Labute approximate surface area is 151 Å². The zero-order valence-corrected chi connectivity index (χ0v) is 14.7. The Morgan fingerprint density at radius 3 is 2.50 bits per heavy atom. The summed E-state index contributed by atoms with van der Waals surface area (Å²) in [4.78, 5) is 24.8. The fraction of sp³-hybridized carbons (Fsp3) is 0.300. The van der Waals surface area contributed by atoms with Gasteiger partial charge in [-0.05, 0) is 49.6 Å². The van der Waals surface area contributed by atoms with E-state index < -0.39 is 0 Å². The topological polar surface area (TPSA) is 76.7 Å². The molecule has 4 rings (SSSR count). The Hall–Kier alpha value is -3.02. The number of ether oxygens (including phenoxy) is 2. The van der Waals surface area contributed by atoms with Crippen LogP contribution in [0.4, 0.5) is 11.4 Å². The van der Waals surface area contributed by atoms with Crippen LogP contribution in [0.5, 0.6) is 11.5 Å². The van der Waals surface area contributed by atoms with Gasteiger partial charge in [0.05, 0.1) is 11.8 Å². The van der Waals surface area contributed by atoms with Crippen molar-refractivity contribution in [2.24, 2.45) is 11.8 Å². The van der Waals surface area contributed by atoms with E-state index in [1.54, 1.807) is 18.2 Å². The van der Waals surface area contributed by atoms with Crippen LogP contribution in [0.1, 0.15) is 17.5 Å². The monoisotopic (exact) mass is 352 g/mol. The predicted molar refractivity (Wildman–Crippen MR) is 97.3 cm³/mol. The quantitative estimate of drug-likeness (QED) is 0.886. The minimum Gasteiger partial charge on any atom is -0.454 e. The molecule has 0 spiro atoms. The molecule has 2 aliphatic rings. The van der Waals surface area contributed by atoms with Crippen molar-refractivity contribution in [1.29, 1.82) is 0 Å². The summed E-state index contributed by atoms with van der Waals surface area (Å²) in [7, 11) is 0. The van der Waals surface area contributed by atoms with E-state index in [2.05, 4.69) is 10.6 Å². The van der Waals surface area contributed by atoms with Crippen LogP contribution in [0.2, 0.25) is 0 Å². The summed E-state index contributed by atoms with van der Waals surface area (Å²) >= 11 is 0. The van der Waals surface area contributed by atoms with E-state index in [9.17, 15) is 9.59 Å². The number of aryl methyl sites for hydroxylation is 1. The summed E-state index contributed by atoms with van der Waals surface area (Å²) in [5, 5.41) is 5.79. The third-order valence-electron chi connectivity index (χ3n) is 4.97. The smallest absolute Gasteiger partial charge is 0.231 e. The molecule has 2 amide bonds. The largest absolute Gasteiger partial charge is 0.454 e. The van der Waals surface area contributed by atoms with Crippen molar-refractivity contribution >= 4 is 23.2 Å². The maximum absolute atomic E-state index is 12.4. The van der Waals surface area contributed by atoms with Crippen molar-refractivity contribution in [2.75, 3.05) is 17.4 Å². The number of nitrogens with one attached hydrogen (secondary N) is 2. The van der Waals surface area contributed by atoms with Crippen molar-refractivity contribution < 1.29 is 19.1 Å². The zero-order chi connectivity index (χ0) is 18.3. The Kier molecular flexibility index (Phi) is 4.03. The van der Waals surface area contributed by atoms with Gasteiger partial charge >= 0.3 is 0 Å². The van der Waals surface area contributed by atoms with Gasteiger partial charge in [0.25, 0.3) is 0 Å². The highest BCUT2D eigenvalue weighted by atomic mass is 16.7. The molecule has 1 aliphatic heterocycles. The molecule has 2 N–H and O–H groups in total. The van der Waals surface area contributed by atoms with E-state index in [1.807, 2.05) is 32.0 Å². The summed E-state index contributed by atoms with van der Waals surface area (Å²) < 4.78 is 10.6. The first kappa shape index (κ1) is 16.4. The van der Waals surface area contributed by atoms with Gasteiger partial charge in [-0.3, -0.25) is 9.59 Å². The van der Waals surface area contributed by atoms with Crippen LogP contribution in [0, 0.1) is 25.7 Å². The highest BCUT2D eigenvalue weighted by Gasteiger charge is 2.48. The molecule has 1 heterocycles. The van der Waals surface area contributed by atoms with Crippen molar-refractivity contribution in [3.63, 3.8) is 0 Å². The zero-order valence-electron chi connectivity index (χ0n) is 14.7. The van der Waals surface area contributed by atoms with Crippen LogP contribution in [0.15, 0.2) is 36.4 Å². The van der Waals surface area contributed by atoms with Gasteiger partial charge in [-0.15, -0.1) is 0 Å².